The number of nitrogens with one attached hydrogen (secondary N) is 1. The van der Waals surface area contributed by atoms with Crippen molar-refractivity contribution >= 4 is 11.6 Å². The first-order valence-corrected chi connectivity index (χ1v) is 10.2. The molecule has 0 aliphatic rings. The topological polar surface area (TPSA) is 69.0 Å². The SMILES string of the molecule is CCOc1nc(-c2ccc(C(F)(F)F)cc2)n(-c2ccc(NC(=O)c3cccc(F)c3)cc2)n1. The Labute approximate surface area is 191 Å². The Balaban J connectivity index is 1.61. The fourth-order valence-corrected chi connectivity index (χ4v) is 3.18. The first-order valence-electron chi connectivity index (χ1n) is 10.2. The molecule has 1 heterocycles. The van der Waals surface area contributed by atoms with E-state index in [1.807, 2.05) is 0 Å². The molecule has 10 heteroatoms. The summed E-state index contributed by atoms with van der Waals surface area (Å²) < 4.78 is 58.9. The van der Waals surface area contributed by atoms with Crippen LogP contribution in [0.5, 0.6) is 6.01 Å². The van der Waals surface area contributed by atoms with Crippen molar-refractivity contribution in [3.05, 3.63) is 89.7 Å². The van der Waals surface area contributed by atoms with Crippen LogP contribution < -0.4 is 10.1 Å². The molecule has 4 rings (SSSR count). The van der Waals surface area contributed by atoms with Gasteiger partial charge in [0.15, 0.2) is 5.82 Å². The zero-order valence-corrected chi connectivity index (χ0v) is 17.8. The smallest absolute Gasteiger partial charge is 0.416 e. The van der Waals surface area contributed by atoms with Gasteiger partial charge in [0.1, 0.15) is 5.82 Å². The number of carbonyl (C=O) groups is 1. The summed E-state index contributed by atoms with van der Waals surface area (Å²) in [6.45, 7) is 2.07. The third kappa shape index (κ3) is 5.06. The lowest BCUT2D eigenvalue weighted by atomic mass is 10.1. The summed E-state index contributed by atoms with van der Waals surface area (Å²) in [5.74, 6) is -0.708. The van der Waals surface area contributed by atoms with E-state index in [1.54, 1.807) is 31.2 Å². The number of benzene rings is 3. The lowest BCUT2D eigenvalue weighted by Crippen LogP contribution is -2.12. The van der Waals surface area contributed by atoms with Crippen molar-refractivity contribution in [2.45, 2.75) is 13.1 Å². The highest BCUT2D eigenvalue weighted by molar-refractivity contribution is 6.04. The molecule has 0 fully saturated rings. The number of amides is 1. The molecule has 3 aromatic carbocycles. The van der Waals surface area contributed by atoms with Crippen molar-refractivity contribution in [1.82, 2.24) is 14.8 Å². The summed E-state index contributed by atoms with van der Waals surface area (Å²) >= 11 is 0. The van der Waals surface area contributed by atoms with Crippen molar-refractivity contribution in [2.75, 3.05) is 11.9 Å². The molecular weight excluding hydrogens is 452 g/mol. The minimum Gasteiger partial charge on any atom is -0.463 e. The van der Waals surface area contributed by atoms with Gasteiger partial charge in [0.2, 0.25) is 0 Å². The number of hydrogen-bond acceptors (Lipinski definition) is 4. The first-order chi connectivity index (χ1) is 16.2. The van der Waals surface area contributed by atoms with Gasteiger partial charge in [-0.25, -0.2) is 9.07 Å². The second kappa shape index (κ2) is 9.34. The number of carbonyl (C=O) groups excluding carboxylic acids is 1. The lowest BCUT2D eigenvalue weighted by Gasteiger charge is -2.10. The molecule has 6 nitrogen and oxygen atoms in total. The van der Waals surface area contributed by atoms with E-state index in [0.717, 1.165) is 18.2 Å². The van der Waals surface area contributed by atoms with Gasteiger partial charge in [-0.15, -0.1) is 5.10 Å². The Hall–Kier alpha value is -4.21. The zero-order chi connectivity index (χ0) is 24.3. The molecule has 174 valence electrons. The Bertz CT molecular complexity index is 1300. The van der Waals surface area contributed by atoms with E-state index >= 15 is 0 Å². The number of aromatic nitrogens is 3. The highest BCUT2D eigenvalue weighted by Crippen LogP contribution is 2.31. The molecule has 0 spiro atoms. The molecule has 1 N–H and O–H groups in total. The Kier molecular flexibility index (Phi) is 6.31. The predicted octanol–water partition coefficient (Wildman–Crippen LogP) is 5.74. The maximum Gasteiger partial charge on any atom is 0.416 e. The van der Waals surface area contributed by atoms with Gasteiger partial charge in [-0.2, -0.15) is 18.2 Å². The maximum atomic E-state index is 13.4. The van der Waals surface area contributed by atoms with Crippen LogP contribution in [-0.2, 0) is 6.18 Å². The lowest BCUT2D eigenvalue weighted by molar-refractivity contribution is -0.137. The fourth-order valence-electron chi connectivity index (χ4n) is 3.18. The second-order valence-corrected chi connectivity index (χ2v) is 7.15. The van der Waals surface area contributed by atoms with Crippen LogP contribution in [0.15, 0.2) is 72.8 Å². The standard InChI is InChI=1S/C24H18F4N4O2/c1-2-34-23-30-21(15-6-8-17(9-7-15)24(26,27)28)32(31-23)20-12-10-19(11-13-20)29-22(33)16-4-3-5-18(25)14-16/h3-14H,2H2,1H3,(H,29,33). The molecule has 0 bridgehead atoms. The van der Waals surface area contributed by atoms with Crippen molar-refractivity contribution < 1.29 is 27.1 Å². The minimum absolute atomic E-state index is 0.0703. The van der Waals surface area contributed by atoms with Gasteiger partial charge in [0.25, 0.3) is 5.91 Å². The number of alkyl halides is 3. The minimum atomic E-state index is -4.45. The molecule has 0 aliphatic carbocycles. The van der Waals surface area contributed by atoms with E-state index in [1.165, 1.54) is 35.0 Å². The molecule has 0 atom stereocenters. The average molecular weight is 470 g/mol. The molecule has 34 heavy (non-hydrogen) atoms. The van der Waals surface area contributed by atoms with Crippen LogP contribution >= 0.6 is 0 Å². The van der Waals surface area contributed by atoms with E-state index in [4.69, 9.17) is 4.74 Å². The van der Waals surface area contributed by atoms with Crippen LogP contribution in [0.3, 0.4) is 0 Å². The van der Waals surface area contributed by atoms with Gasteiger partial charge in [0.05, 0.1) is 17.9 Å². The summed E-state index contributed by atoms with van der Waals surface area (Å²) in [6, 6.07) is 16.5. The van der Waals surface area contributed by atoms with Crippen LogP contribution in [0.1, 0.15) is 22.8 Å². The highest BCUT2D eigenvalue weighted by Gasteiger charge is 2.30. The largest absolute Gasteiger partial charge is 0.463 e. The Morgan fingerprint density at radius 2 is 1.74 bits per heavy atom. The monoisotopic (exact) mass is 470 g/mol. The summed E-state index contributed by atoms with van der Waals surface area (Å²) in [7, 11) is 0. The van der Waals surface area contributed by atoms with Crippen molar-refractivity contribution in [2.24, 2.45) is 0 Å². The van der Waals surface area contributed by atoms with E-state index in [-0.39, 0.29) is 17.4 Å². The van der Waals surface area contributed by atoms with Gasteiger partial charge < -0.3 is 10.1 Å². The summed E-state index contributed by atoms with van der Waals surface area (Å²) in [5, 5.41) is 6.97. The van der Waals surface area contributed by atoms with E-state index in [9.17, 15) is 22.4 Å². The Morgan fingerprint density at radius 3 is 2.35 bits per heavy atom. The van der Waals surface area contributed by atoms with Gasteiger partial charge in [-0.05, 0) is 61.5 Å². The Morgan fingerprint density at radius 1 is 1.03 bits per heavy atom. The van der Waals surface area contributed by atoms with Crippen molar-refractivity contribution in [1.29, 1.82) is 0 Å². The number of anilines is 1. The average Bonchev–Trinajstić information content (AvgIpc) is 3.23. The van der Waals surface area contributed by atoms with Crippen LogP contribution in [0.25, 0.3) is 17.1 Å². The zero-order valence-electron chi connectivity index (χ0n) is 17.8. The third-order valence-electron chi connectivity index (χ3n) is 4.79. The molecular formula is C24H18F4N4O2. The van der Waals surface area contributed by atoms with Gasteiger partial charge in [-0.1, -0.05) is 18.2 Å². The summed E-state index contributed by atoms with van der Waals surface area (Å²) in [6.07, 6.45) is -4.45. The van der Waals surface area contributed by atoms with Crippen LogP contribution in [0.2, 0.25) is 0 Å². The van der Waals surface area contributed by atoms with Crippen molar-refractivity contribution in [3.63, 3.8) is 0 Å². The molecule has 1 aromatic heterocycles. The molecule has 0 radical (unpaired) electrons. The molecule has 0 saturated carbocycles. The molecule has 0 aliphatic heterocycles. The maximum absolute atomic E-state index is 13.4. The predicted molar refractivity (Wildman–Crippen MR) is 117 cm³/mol. The summed E-state index contributed by atoms with van der Waals surface area (Å²) in [5.41, 5.74) is 0.809. The third-order valence-corrected chi connectivity index (χ3v) is 4.79. The fraction of sp³-hybridized carbons (Fsp3) is 0.125. The molecule has 0 saturated heterocycles. The van der Waals surface area contributed by atoms with E-state index in [2.05, 4.69) is 15.4 Å². The van der Waals surface area contributed by atoms with Crippen LogP contribution in [0.4, 0.5) is 23.2 Å². The number of rotatable bonds is 6. The van der Waals surface area contributed by atoms with Crippen LogP contribution in [-0.4, -0.2) is 27.3 Å². The molecule has 0 unspecified atom stereocenters. The molecule has 1 amide bonds. The summed E-state index contributed by atoms with van der Waals surface area (Å²) in [4.78, 5) is 16.6. The number of hydrogen-bond donors (Lipinski definition) is 1. The van der Waals surface area contributed by atoms with Gasteiger partial charge in [-0.3, -0.25) is 4.79 Å². The second-order valence-electron chi connectivity index (χ2n) is 7.15. The van der Waals surface area contributed by atoms with E-state index < -0.39 is 23.5 Å². The van der Waals surface area contributed by atoms with Crippen molar-refractivity contribution in [3.8, 4) is 23.1 Å². The van der Waals surface area contributed by atoms with Crippen LogP contribution in [0, 0.1) is 5.82 Å². The number of nitrogens with zero attached hydrogens (tertiary/aromatic N) is 3. The normalized spacial score (nSPS) is 11.3. The quantitative estimate of drug-likeness (QED) is 0.365. The van der Waals surface area contributed by atoms with E-state index in [0.29, 0.717) is 23.5 Å². The number of ether oxygens (including phenoxy) is 1. The molecule has 4 aromatic rings. The first kappa shape index (κ1) is 23.0. The van der Waals surface area contributed by atoms with Gasteiger partial charge >= 0.3 is 12.2 Å². The highest BCUT2D eigenvalue weighted by atomic mass is 19.4. The number of halogens is 4. The van der Waals surface area contributed by atoms with Gasteiger partial charge in [0, 0.05) is 16.8 Å².